The van der Waals surface area contributed by atoms with Crippen LogP contribution in [0.4, 0.5) is 0 Å². The van der Waals surface area contributed by atoms with Gasteiger partial charge in [0.25, 0.3) is 0 Å². The molecule has 0 amide bonds. The maximum atomic E-state index is 12.6. The van der Waals surface area contributed by atoms with E-state index in [0.29, 0.717) is 24.9 Å². The summed E-state index contributed by atoms with van der Waals surface area (Å²) in [5.74, 6) is -1.23. The average Bonchev–Trinajstić information content (AvgIpc) is 2.86. The smallest absolute Gasteiger partial charge is 0.304 e. The molecule has 6 nitrogen and oxygen atoms in total. The van der Waals surface area contributed by atoms with Crippen molar-refractivity contribution in [2.45, 2.75) is 37.1 Å². The van der Waals surface area contributed by atoms with Gasteiger partial charge in [-0.05, 0) is 31.9 Å². The lowest BCUT2D eigenvalue weighted by molar-refractivity contribution is -0.137. The van der Waals surface area contributed by atoms with E-state index in [9.17, 15) is 18.0 Å². The van der Waals surface area contributed by atoms with E-state index in [-0.39, 0.29) is 17.1 Å². The Bertz CT molecular complexity index is 668. The molecule has 0 aromatic heterocycles. The molecule has 1 aliphatic rings. The number of rotatable bonds is 5. The SMILES string of the molecule is CC(=O)c1cccc(S(=O)(=O)N2CCCC2CC(=O)O)c1. The zero-order valence-electron chi connectivity index (χ0n) is 11.7. The van der Waals surface area contributed by atoms with Crippen LogP contribution in [0.3, 0.4) is 0 Å². The maximum absolute atomic E-state index is 12.6. The van der Waals surface area contributed by atoms with Crippen LogP contribution < -0.4 is 0 Å². The van der Waals surface area contributed by atoms with Gasteiger partial charge in [-0.25, -0.2) is 8.42 Å². The minimum atomic E-state index is -3.77. The van der Waals surface area contributed by atoms with Gasteiger partial charge in [0.2, 0.25) is 10.0 Å². The second-order valence-electron chi connectivity index (χ2n) is 5.09. The number of benzene rings is 1. The number of Topliss-reactive ketones (excluding diaryl/α,β-unsaturated/α-hetero) is 1. The Balaban J connectivity index is 2.35. The van der Waals surface area contributed by atoms with Gasteiger partial charge in [0, 0.05) is 18.2 Å². The number of carbonyl (C=O) groups is 2. The molecule has 0 radical (unpaired) electrons. The van der Waals surface area contributed by atoms with Gasteiger partial charge >= 0.3 is 5.97 Å². The zero-order chi connectivity index (χ0) is 15.6. The normalized spacial score (nSPS) is 19.6. The fraction of sp³-hybridized carbons (Fsp3) is 0.429. The molecule has 1 saturated heterocycles. The van der Waals surface area contributed by atoms with E-state index < -0.39 is 22.0 Å². The fourth-order valence-corrected chi connectivity index (χ4v) is 4.28. The molecule has 114 valence electrons. The minimum absolute atomic E-state index is 0.0347. The number of nitrogens with zero attached hydrogens (tertiary/aromatic N) is 1. The number of sulfonamides is 1. The Labute approximate surface area is 123 Å². The first kappa shape index (κ1) is 15.7. The van der Waals surface area contributed by atoms with E-state index in [1.165, 1.54) is 29.4 Å². The van der Waals surface area contributed by atoms with Crippen molar-refractivity contribution in [1.29, 1.82) is 0 Å². The van der Waals surface area contributed by atoms with Crippen molar-refractivity contribution in [2.75, 3.05) is 6.54 Å². The highest BCUT2D eigenvalue weighted by Crippen LogP contribution is 2.28. The van der Waals surface area contributed by atoms with Gasteiger partial charge in [0.1, 0.15) is 0 Å². The van der Waals surface area contributed by atoms with Crippen LogP contribution in [-0.4, -0.2) is 42.2 Å². The van der Waals surface area contributed by atoms with Crippen LogP contribution in [0, 0.1) is 0 Å². The van der Waals surface area contributed by atoms with Crippen LogP contribution in [-0.2, 0) is 14.8 Å². The summed E-state index contributed by atoms with van der Waals surface area (Å²) < 4.78 is 26.5. The third-order valence-electron chi connectivity index (χ3n) is 3.58. The first-order chi connectivity index (χ1) is 9.82. The van der Waals surface area contributed by atoms with Crippen LogP contribution in [0.5, 0.6) is 0 Å². The van der Waals surface area contributed by atoms with Gasteiger partial charge in [-0.1, -0.05) is 12.1 Å². The quantitative estimate of drug-likeness (QED) is 0.832. The van der Waals surface area contributed by atoms with E-state index in [0.717, 1.165) is 0 Å². The molecule has 1 aromatic rings. The van der Waals surface area contributed by atoms with Crippen LogP contribution in [0.25, 0.3) is 0 Å². The van der Waals surface area contributed by atoms with Crippen molar-refractivity contribution in [3.05, 3.63) is 29.8 Å². The number of carboxylic acid groups (broad SMARTS) is 1. The zero-order valence-corrected chi connectivity index (χ0v) is 12.5. The molecule has 1 unspecified atom stereocenters. The van der Waals surface area contributed by atoms with Crippen LogP contribution in [0.1, 0.15) is 36.5 Å². The van der Waals surface area contributed by atoms with E-state index >= 15 is 0 Å². The second-order valence-corrected chi connectivity index (χ2v) is 6.98. The van der Waals surface area contributed by atoms with Crippen molar-refractivity contribution in [3.8, 4) is 0 Å². The van der Waals surface area contributed by atoms with E-state index in [4.69, 9.17) is 5.11 Å². The highest BCUT2D eigenvalue weighted by molar-refractivity contribution is 7.89. The summed E-state index contributed by atoms with van der Waals surface area (Å²) in [6.45, 7) is 1.68. The Morgan fingerprint density at radius 2 is 2.10 bits per heavy atom. The van der Waals surface area contributed by atoms with Crippen LogP contribution >= 0.6 is 0 Å². The molecular formula is C14H17NO5S. The molecule has 2 rings (SSSR count). The van der Waals surface area contributed by atoms with Gasteiger partial charge in [-0.2, -0.15) is 4.31 Å². The average molecular weight is 311 g/mol. The Morgan fingerprint density at radius 1 is 1.38 bits per heavy atom. The third-order valence-corrected chi connectivity index (χ3v) is 5.53. The number of ketones is 1. The lowest BCUT2D eigenvalue weighted by atomic mass is 10.2. The van der Waals surface area contributed by atoms with Crippen molar-refractivity contribution in [2.24, 2.45) is 0 Å². The molecule has 0 saturated carbocycles. The maximum Gasteiger partial charge on any atom is 0.304 e. The highest BCUT2D eigenvalue weighted by Gasteiger charge is 2.36. The fourth-order valence-electron chi connectivity index (χ4n) is 2.54. The monoisotopic (exact) mass is 311 g/mol. The Kier molecular flexibility index (Phi) is 4.43. The first-order valence-corrected chi connectivity index (χ1v) is 8.11. The number of carbonyl (C=O) groups excluding carboxylic acids is 1. The molecule has 1 N–H and O–H groups in total. The van der Waals surface area contributed by atoms with Gasteiger partial charge in [-0.15, -0.1) is 0 Å². The van der Waals surface area contributed by atoms with Crippen molar-refractivity contribution >= 4 is 21.8 Å². The summed E-state index contributed by atoms with van der Waals surface area (Å²) in [7, 11) is -3.77. The summed E-state index contributed by atoms with van der Waals surface area (Å²) in [6, 6.07) is 5.33. The molecule has 7 heteroatoms. The van der Waals surface area contributed by atoms with Crippen molar-refractivity contribution in [3.63, 3.8) is 0 Å². The van der Waals surface area contributed by atoms with Gasteiger partial charge < -0.3 is 5.11 Å². The number of hydrogen-bond donors (Lipinski definition) is 1. The molecule has 1 heterocycles. The molecule has 21 heavy (non-hydrogen) atoms. The first-order valence-electron chi connectivity index (χ1n) is 6.67. The predicted octanol–water partition coefficient (Wildman–Crippen LogP) is 1.52. The molecule has 1 fully saturated rings. The largest absolute Gasteiger partial charge is 0.481 e. The van der Waals surface area contributed by atoms with Crippen molar-refractivity contribution in [1.82, 2.24) is 4.31 Å². The number of carboxylic acids is 1. The van der Waals surface area contributed by atoms with E-state index in [2.05, 4.69) is 0 Å². The van der Waals surface area contributed by atoms with Crippen LogP contribution in [0.2, 0.25) is 0 Å². The van der Waals surface area contributed by atoms with Crippen LogP contribution in [0.15, 0.2) is 29.2 Å². The molecular weight excluding hydrogens is 294 g/mol. The lowest BCUT2D eigenvalue weighted by Crippen LogP contribution is -2.36. The second kappa shape index (κ2) is 5.95. The summed E-state index contributed by atoms with van der Waals surface area (Å²) in [5, 5.41) is 8.88. The van der Waals surface area contributed by atoms with Crippen molar-refractivity contribution < 1.29 is 23.1 Å². The molecule has 1 aliphatic heterocycles. The number of hydrogen-bond acceptors (Lipinski definition) is 4. The molecule has 0 aliphatic carbocycles. The Morgan fingerprint density at radius 3 is 2.71 bits per heavy atom. The topological polar surface area (TPSA) is 91.8 Å². The molecule has 0 bridgehead atoms. The third kappa shape index (κ3) is 3.30. The summed E-state index contributed by atoms with van der Waals surface area (Å²) in [4.78, 5) is 22.2. The molecule has 1 atom stereocenters. The molecule has 0 spiro atoms. The summed E-state index contributed by atoms with van der Waals surface area (Å²) in [6.07, 6.45) is 0.979. The standard InChI is InChI=1S/C14H17NO5S/c1-10(16)11-4-2-6-13(8-11)21(19,20)15-7-3-5-12(15)9-14(17)18/h2,4,6,8,12H,3,5,7,9H2,1H3,(H,17,18). The molecule has 1 aromatic carbocycles. The lowest BCUT2D eigenvalue weighted by Gasteiger charge is -2.23. The van der Waals surface area contributed by atoms with Gasteiger partial charge in [0.15, 0.2) is 5.78 Å². The van der Waals surface area contributed by atoms with Gasteiger partial charge in [-0.3, -0.25) is 9.59 Å². The minimum Gasteiger partial charge on any atom is -0.481 e. The summed E-state index contributed by atoms with van der Waals surface area (Å²) >= 11 is 0. The van der Waals surface area contributed by atoms with E-state index in [1.54, 1.807) is 6.07 Å². The number of aliphatic carboxylic acids is 1. The highest BCUT2D eigenvalue weighted by atomic mass is 32.2. The van der Waals surface area contributed by atoms with Gasteiger partial charge in [0.05, 0.1) is 11.3 Å². The predicted molar refractivity (Wildman–Crippen MR) is 75.6 cm³/mol. The summed E-state index contributed by atoms with van der Waals surface area (Å²) in [5.41, 5.74) is 0.324. The van der Waals surface area contributed by atoms with E-state index in [1.807, 2.05) is 0 Å². The Hall–Kier alpha value is -1.73.